The average molecular weight is 358 g/mol. The quantitative estimate of drug-likeness (QED) is 0.805. The highest BCUT2D eigenvalue weighted by atomic mass is 16.7. The maximum atomic E-state index is 13.2. The van der Waals surface area contributed by atoms with Gasteiger partial charge >= 0.3 is 0 Å². The predicted octanol–water partition coefficient (Wildman–Crippen LogP) is 1.57. The van der Waals surface area contributed by atoms with Crippen LogP contribution in [0.15, 0.2) is 24.3 Å². The minimum Gasteiger partial charge on any atom is -0.350 e. The van der Waals surface area contributed by atoms with E-state index in [1.54, 1.807) is 11.8 Å². The number of hydrogen-bond donors (Lipinski definition) is 0. The van der Waals surface area contributed by atoms with Gasteiger partial charge in [-0.1, -0.05) is 24.3 Å². The van der Waals surface area contributed by atoms with Crippen LogP contribution < -0.4 is 0 Å². The minimum absolute atomic E-state index is 0.0412. The number of rotatable bonds is 2. The van der Waals surface area contributed by atoms with Crippen molar-refractivity contribution in [2.24, 2.45) is 5.92 Å². The van der Waals surface area contributed by atoms with E-state index in [4.69, 9.17) is 9.47 Å². The number of nitrogens with zero attached hydrogens (tertiary/aromatic N) is 2. The third-order valence-corrected chi connectivity index (χ3v) is 5.82. The Morgan fingerprint density at radius 2 is 1.69 bits per heavy atom. The lowest BCUT2D eigenvalue weighted by molar-refractivity contribution is -0.149. The molecule has 1 aromatic rings. The maximum Gasteiger partial charge on any atom is 0.245 e. The molecular formula is C20H26N2O4. The van der Waals surface area contributed by atoms with Crippen LogP contribution in [-0.2, 0) is 32.0 Å². The summed E-state index contributed by atoms with van der Waals surface area (Å²) in [6.07, 6.45) is 2.27. The second kappa shape index (κ2) is 7.37. The number of ether oxygens (including phenoxy) is 2. The Morgan fingerprint density at radius 3 is 2.35 bits per heavy atom. The summed E-state index contributed by atoms with van der Waals surface area (Å²) >= 11 is 0. The van der Waals surface area contributed by atoms with Gasteiger partial charge in [0, 0.05) is 38.9 Å². The molecule has 0 radical (unpaired) electrons. The van der Waals surface area contributed by atoms with E-state index < -0.39 is 6.04 Å². The molecule has 140 valence electrons. The Morgan fingerprint density at radius 1 is 1.04 bits per heavy atom. The Labute approximate surface area is 154 Å². The lowest BCUT2D eigenvalue weighted by atomic mass is 9.91. The molecule has 1 unspecified atom stereocenters. The van der Waals surface area contributed by atoms with Crippen molar-refractivity contribution in [3.05, 3.63) is 35.4 Å². The summed E-state index contributed by atoms with van der Waals surface area (Å²) in [5, 5.41) is 0. The molecule has 3 heterocycles. The normalized spacial score (nSPS) is 24.6. The molecule has 0 spiro atoms. The number of piperidine rings is 1. The zero-order valence-electron chi connectivity index (χ0n) is 15.2. The number of carbonyl (C=O) groups excluding carboxylic acids is 2. The third kappa shape index (κ3) is 3.35. The van der Waals surface area contributed by atoms with Gasteiger partial charge in [0.2, 0.25) is 11.8 Å². The van der Waals surface area contributed by atoms with E-state index in [9.17, 15) is 9.59 Å². The fourth-order valence-electron chi connectivity index (χ4n) is 4.33. The summed E-state index contributed by atoms with van der Waals surface area (Å²) < 4.78 is 11.2. The molecule has 0 aliphatic carbocycles. The van der Waals surface area contributed by atoms with Crippen molar-refractivity contribution in [1.82, 2.24) is 9.80 Å². The molecule has 6 nitrogen and oxygen atoms in total. The molecule has 0 N–H and O–H groups in total. The van der Waals surface area contributed by atoms with Crippen LogP contribution in [0.5, 0.6) is 0 Å². The third-order valence-electron chi connectivity index (χ3n) is 5.82. The molecule has 0 saturated carbocycles. The van der Waals surface area contributed by atoms with E-state index in [0.717, 1.165) is 18.4 Å². The van der Waals surface area contributed by atoms with Gasteiger partial charge in [-0.05, 0) is 24.0 Å². The van der Waals surface area contributed by atoms with Crippen LogP contribution in [0.1, 0.15) is 30.9 Å². The van der Waals surface area contributed by atoms with Crippen molar-refractivity contribution in [1.29, 1.82) is 0 Å². The Balaban J connectivity index is 1.44. The first-order chi connectivity index (χ1) is 12.6. The largest absolute Gasteiger partial charge is 0.350 e. The summed E-state index contributed by atoms with van der Waals surface area (Å²) in [4.78, 5) is 29.0. The lowest BCUT2D eigenvalue weighted by Gasteiger charge is -2.40. The van der Waals surface area contributed by atoms with Crippen molar-refractivity contribution in [3.8, 4) is 0 Å². The second-order valence-corrected chi connectivity index (χ2v) is 7.41. The van der Waals surface area contributed by atoms with Crippen molar-refractivity contribution in [3.63, 3.8) is 0 Å². The molecular weight excluding hydrogens is 332 g/mol. The van der Waals surface area contributed by atoms with Gasteiger partial charge < -0.3 is 19.3 Å². The first-order valence-electron chi connectivity index (χ1n) is 9.49. The van der Waals surface area contributed by atoms with E-state index in [0.29, 0.717) is 45.2 Å². The van der Waals surface area contributed by atoms with Crippen LogP contribution in [-0.4, -0.2) is 60.2 Å². The van der Waals surface area contributed by atoms with Crippen molar-refractivity contribution in [2.75, 3.05) is 26.3 Å². The zero-order valence-corrected chi connectivity index (χ0v) is 15.2. The Hall–Kier alpha value is -1.92. The van der Waals surface area contributed by atoms with Gasteiger partial charge in [-0.15, -0.1) is 0 Å². The first kappa shape index (κ1) is 17.5. The number of benzene rings is 1. The summed E-state index contributed by atoms with van der Waals surface area (Å²) in [5.74, 6) is 0.388. The van der Waals surface area contributed by atoms with Gasteiger partial charge in [-0.3, -0.25) is 9.59 Å². The van der Waals surface area contributed by atoms with Crippen molar-refractivity contribution in [2.45, 2.75) is 45.1 Å². The minimum atomic E-state index is -0.391. The SMILES string of the molecule is CC(=O)N1Cc2ccccc2CC1C(=O)N1CCC(C2OCCO2)CC1. The smallest absolute Gasteiger partial charge is 0.245 e. The molecule has 1 atom stereocenters. The number of carbonyl (C=O) groups is 2. The Bertz CT molecular complexity index is 678. The molecule has 6 heteroatoms. The monoisotopic (exact) mass is 358 g/mol. The van der Waals surface area contributed by atoms with Crippen LogP contribution in [0.4, 0.5) is 0 Å². The molecule has 26 heavy (non-hydrogen) atoms. The summed E-state index contributed by atoms with van der Waals surface area (Å²) in [6, 6.07) is 7.69. The van der Waals surface area contributed by atoms with Gasteiger partial charge in [0.05, 0.1) is 13.2 Å². The molecule has 2 fully saturated rings. The highest BCUT2D eigenvalue weighted by Gasteiger charge is 2.38. The van der Waals surface area contributed by atoms with E-state index in [2.05, 4.69) is 6.07 Å². The highest BCUT2D eigenvalue weighted by molar-refractivity contribution is 5.88. The fraction of sp³-hybridized carbons (Fsp3) is 0.600. The highest BCUT2D eigenvalue weighted by Crippen LogP contribution is 2.29. The van der Waals surface area contributed by atoms with Crippen LogP contribution in [0.3, 0.4) is 0 Å². The van der Waals surface area contributed by atoms with E-state index in [1.165, 1.54) is 5.56 Å². The van der Waals surface area contributed by atoms with E-state index >= 15 is 0 Å². The predicted molar refractivity (Wildman–Crippen MR) is 95.2 cm³/mol. The standard InChI is InChI=1S/C20H26N2O4/c1-14(23)22-13-17-5-3-2-4-16(17)12-18(22)19(24)21-8-6-15(7-9-21)20-25-10-11-26-20/h2-5,15,18,20H,6-13H2,1H3. The van der Waals surface area contributed by atoms with Crippen LogP contribution in [0.2, 0.25) is 0 Å². The molecule has 2 saturated heterocycles. The molecule has 1 aromatic carbocycles. The first-order valence-corrected chi connectivity index (χ1v) is 9.49. The second-order valence-electron chi connectivity index (χ2n) is 7.41. The zero-order chi connectivity index (χ0) is 18.1. The van der Waals surface area contributed by atoms with Gasteiger partial charge in [0.25, 0.3) is 0 Å². The molecule has 2 amide bonds. The number of likely N-dealkylation sites (tertiary alicyclic amines) is 1. The van der Waals surface area contributed by atoms with Crippen LogP contribution in [0, 0.1) is 5.92 Å². The number of hydrogen-bond acceptors (Lipinski definition) is 4. The van der Waals surface area contributed by atoms with Crippen molar-refractivity contribution < 1.29 is 19.1 Å². The van der Waals surface area contributed by atoms with Gasteiger partial charge in [0.15, 0.2) is 6.29 Å². The lowest BCUT2D eigenvalue weighted by Crippen LogP contribution is -2.54. The maximum absolute atomic E-state index is 13.2. The molecule has 3 aliphatic rings. The number of fused-ring (bicyclic) bond motifs is 1. The van der Waals surface area contributed by atoms with Gasteiger partial charge in [-0.25, -0.2) is 0 Å². The van der Waals surface area contributed by atoms with E-state index in [1.807, 2.05) is 23.1 Å². The summed E-state index contributed by atoms with van der Waals surface area (Å²) in [6.45, 7) is 4.81. The molecule has 3 aliphatic heterocycles. The van der Waals surface area contributed by atoms with Crippen LogP contribution in [0.25, 0.3) is 0 Å². The summed E-state index contributed by atoms with van der Waals surface area (Å²) in [5.41, 5.74) is 2.31. The average Bonchev–Trinajstić information content (AvgIpc) is 3.21. The molecule has 0 aromatic heterocycles. The van der Waals surface area contributed by atoms with Gasteiger partial charge in [0.1, 0.15) is 6.04 Å². The molecule has 4 rings (SSSR count). The molecule has 0 bridgehead atoms. The topological polar surface area (TPSA) is 59.1 Å². The summed E-state index contributed by atoms with van der Waals surface area (Å²) in [7, 11) is 0. The van der Waals surface area contributed by atoms with Crippen LogP contribution >= 0.6 is 0 Å². The Kier molecular flexibility index (Phi) is 4.96. The van der Waals surface area contributed by atoms with E-state index in [-0.39, 0.29) is 18.1 Å². The van der Waals surface area contributed by atoms with Crippen molar-refractivity contribution >= 4 is 11.8 Å². The van der Waals surface area contributed by atoms with Gasteiger partial charge in [-0.2, -0.15) is 0 Å². The fourth-order valence-corrected chi connectivity index (χ4v) is 4.33. The number of amides is 2.